The number of halogens is 1. The van der Waals surface area contributed by atoms with Crippen molar-refractivity contribution in [2.45, 2.75) is 13.2 Å². The fraction of sp³-hybridized carbons (Fsp3) is 0.118. The molecule has 0 saturated heterocycles. The summed E-state index contributed by atoms with van der Waals surface area (Å²) >= 11 is 6.19. The van der Waals surface area contributed by atoms with Gasteiger partial charge in [-0.05, 0) is 29.8 Å². The van der Waals surface area contributed by atoms with Crippen molar-refractivity contribution in [2.24, 2.45) is 0 Å². The normalized spacial score (nSPS) is 10.8. The van der Waals surface area contributed by atoms with Gasteiger partial charge < -0.3 is 9.84 Å². The van der Waals surface area contributed by atoms with Gasteiger partial charge in [-0.1, -0.05) is 41.9 Å². The summed E-state index contributed by atoms with van der Waals surface area (Å²) in [6, 6.07) is 17.1. The van der Waals surface area contributed by atoms with Crippen LogP contribution in [-0.2, 0) is 13.2 Å². The summed E-state index contributed by atoms with van der Waals surface area (Å²) in [6.45, 7) is 0.385. The van der Waals surface area contributed by atoms with Gasteiger partial charge in [-0.25, -0.2) is 4.98 Å². The fourth-order valence-corrected chi connectivity index (χ4v) is 2.29. The summed E-state index contributed by atoms with van der Waals surface area (Å²) in [7, 11) is 0. The molecule has 0 amide bonds. The highest BCUT2D eigenvalue weighted by atomic mass is 35.5. The maximum atomic E-state index is 9.01. The minimum absolute atomic E-state index is 0.0285. The van der Waals surface area contributed by atoms with Gasteiger partial charge in [0.1, 0.15) is 17.5 Å². The number of benzene rings is 2. The van der Waals surface area contributed by atoms with Crippen molar-refractivity contribution < 1.29 is 9.84 Å². The van der Waals surface area contributed by atoms with Crippen molar-refractivity contribution in [3.8, 4) is 5.75 Å². The lowest BCUT2D eigenvalue weighted by Gasteiger charge is -2.09. The standard InChI is InChI=1S/C17H14ClNO2/c18-17-14(9-13-3-1-2-4-16(13)19-17)11-21-15-7-5-12(10-20)6-8-15/h1-9,20H,10-11H2. The molecule has 0 saturated carbocycles. The van der Waals surface area contributed by atoms with E-state index in [4.69, 9.17) is 21.4 Å². The first kappa shape index (κ1) is 13.9. The van der Waals surface area contributed by atoms with Gasteiger partial charge in [-0.15, -0.1) is 0 Å². The Morgan fingerprint density at radius 3 is 2.57 bits per heavy atom. The lowest BCUT2D eigenvalue weighted by molar-refractivity contribution is 0.280. The first-order chi connectivity index (χ1) is 10.3. The van der Waals surface area contributed by atoms with Crippen molar-refractivity contribution in [3.05, 3.63) is 70.9 Å². The van der Waals surface area contributed by atoms with Gasteiger partial charge in [-0.3, -0.25) is 0 Å². The topological polar surface area (TPSA) is 42.4 Å². The van der Waals surface area contributed by atoms with E-state index in [0.717, 1.165) is 27.8 Å². The number of aliphatic hydroxyl groups excluding tert-OH is 1. The number of hydrogen-bond donors (Lipinski definition) is 1. The van der Waals surface area contributed by atoms with E-state index in [1.54, 1.807) is 0 Å². The van der Waals surface area contributed by atoms with E-state index in [0.29, 0.717) is 11.8 Å². The number of nitrogens with zero attached hydrogens (tertiary/aromatic N) is 1. The minimum atomic E-state index is 0.0285. The number of fused-ring (bicyclic) bond motifs is 1. The number of hydrogen-bond acceptors (Lipinski definition) is 3. The van der Waals surface area contributed by atoms with E-state index in [1.165, 1.54) is 0 Å². The molecule has 1 aromatic heterocycles. The molecule has 1 N–H and O–H groups in total. The van der Waals surface area contributed by atoms with Crippen molar-refractivity contribution in [2.75, 3.05) is 0 Å². The smallest absolute Gasteiger partial charge is 0.136 e. The summed E-state index contributed by atoms with van der Waals surface area (Å²) < 4.78 is 5.72. The SMILES string of the molecule is OCc1ccc(OCc2cc3ccccc3nc2Cl)cc1. The van der Waals surface area contributed by atoms with Gasteiger partial charge in [0.15, 0.2) is 0 Å². The van der Waals surface area contributed by atoms with Crippen LogP contribution >= 0.6 is 11.6 Å². The van der Waals surface area contributed by atoms with Crippen LogP contribution < -0.4 is 4.74 Å². The lowest BCUT2D eigenvalue weighted by Crippen LogP contribution is -1.98. The average Bonchev–Trinajstić information content (AvgIpc) is 2.53. The van der Waals surface area contributed by atoms with E-state index in [-0.39, 0.29) is 6.61 Å². The molecule has 0 fully saturated rings. The molecular formula is C17H14ClNO2. The average molecular weight is 300 g/mol. The predicted octanol–water partition coefficient (Wildman–Crippen LogP) is 3.96. The van der Waals surface area contributed by atoms with Crippen LogP contribution in [0, 0.1) is 0 Å². The molecule has 3 rings (SSSR count). The molecule has 0 unspecified atom stereocenters. The third-order valence-electron chi connectivity index (χ3n) is 3.25. The van der Waals surface area contributed by atoms with Crippen LogP contribution in [0.25, 0.3) is 10.9 Å². The van der Waals surface area contributed by atoms with Gasteiger partial charge in [0.25, 0.3) is 0 Å². The zero-order valence-corrected chi connectivity index (χ0v) is 12.0. The molecule has 0 radical (unpaired) electrons. The number of para-hydroxylation sites is 1. The summed E-state index contributed by atoms with van der Waals surface area (Å²) in [5.74, 6) is 0.733. The van der Waals surface area contributed by atoms with Crippen LogP contribution in [0.4, 0.5) is 0 Å². The number of pyridine rings is 1. The predicted molar refractivity (Wildman–Crippen MR) is 83.4 cm³/mol. The van der Waals surface area contributed by atoms with E-state index < -0.39 is 0 Å². The summed E-state index contributed by atoms with van der Waals surface area (Å²) in [5.41, 5.74) is 2.58. The second kappa shape index (κ2) is 6.12. The van der Waals surface area contributed by atoms with Crippen LogP contribution in [0.1, 0.15) is 11.1 Å². The molecule has 2 aromatic carbocycles. The Bertz CT molecular complexity index is 756. The highest BCUT2D eigenvalue weighted by Crippen LogP contribution is 2.22. The molecule has 1 heterocycles. The number of ether oxygens (including phenoxy) is 1. The maximum Gasteiger partial charge on any atom is 0.136 e. The number of rotatable bonds is 4. The molecule has 3 nitrogen and oxygen atoms in total. The zero-order valence-electron chi connectivity index (χ0n) is 11.3. The first-order valence-corrected chi connectivity index (χ1v) is 7.01. The fourth-order valence-electron chi connectivity index (χ4n) is 2.09. The third-order valence-corrected chi connectivity index (χ3v) is 3.58. The lowest BCUT2D eigenvalue weighted by atomic mass is 10.2. The van der Waals surface area contributed by atoms with Crippen LogP contribution in [0.5, 0.6) is 5.75 Å². The van der Waals surface area contributed by atoms with Crippen LogP contribution in [0.2, 0.25) is 5.15 Å². The summed E-state index contributed by atoms with van der Waals surface area (Å²) in [6.07, 6.45) is 0. The largest absolute Gasteiger partial charge is 0.489 e. The minimum Gasteiger partial charge on any atom is -0.489 e. The number of aliphatic hydroxyl groups is 1. The maximum absolute atomic E-state index is 9.01. The van der Waals surface area contributed by atoms with Gasteiger partial charge in [0, 0.05) is 10.9 Å². The zero-order chi connectivity index (χ0) is 14.7. The molecule has 0 aliphatic heterocycles. The van der Waals surface area contributed by atoms with Crippen molar-refractivity contribution >= 4 is 22.5 Å². The van der Waals surface area contributed by atoms with Gasteiger partial charge >= 0.3 is 0 Å². The first-order valence-electron chi connectivity index (χ1n) is 6.63. The van der Waals surface area contributed by atoms with Gasteiger partial charge in [-0.2, -0.15) is 0 Å². The Morgan fingerprint density at radius 2 is 1.81 bits per heavy atom. The van der Waals surface area contributed by atoms with Crippen molar-refractivity contribution in [1.82, 2.24) is 4.98 Å². The Morgan fingerprint density at radius 1 is 1.05 bits per heavy atom. The second-order valence-corrected chi connectivity index (χ2v) is 5.08. The van der Waals surface area contributed by atoms with Gasteiger partial charge in [0.2, 0.25) is 0 Å². The third kappa shape index (κ3) is 3.15. The van der Waals surface area contributed by atoms with E-state index in [2.05, 4.69) is 4.98 Å². The van der Waals surface area contributed by atoms with Crippen molar-refractivity contribution in [3.63, 3.8) is 0 Å². The second-order valence-electron chi connectivity index (χ2n) is 4.72. The quantitative estimate of drug-likeness (QED) is 0.742. The molecule has 0 aliphatic carbocycles. The summed E-state index contributed by atoms with van der Waals surface area (Å²) in [4.78, 5) is 4.37. The summed E-state index contributed by atoms with van der Waals surface area (Å²) in [5, 5.41) is 10.5. The molecule has 0 atom stereocenters. The Balaban J connectivity index is 1.79. The highest BCUT2D eigenvalue weighted by Gasteiger charge is 2.06. The highest BCUT2D eigenvalue weighted by molar-refractivity contribution is 6.30. The Labute approximate surface area is 127 Å². The molecule has 0 spiro atoms. The van der Waals surface area contributed by atoms with Crippen LogP contribution in [0.3, 0.4) is 0 Å². The molecule has 3 aromatic rings. The molecule has 0 bridgehead atoms. The number of aromatic nitrogens is 1. The molecule has 0 aliphatic rings. The van der Waals surface area contributed by atoms with E-state index in [9.17, 15) is 0 Å². The van der Waals surface area contributed by atoms with Crippen LogP contribution in [-0.4, -0.2) is 10.1 Å². The molecule has 4 heteroatoms. The Hall–Kier alpha value is -2.10. The molecule has 106 valence electrons. The van der Waals surface area contributed by atoms with E-state index in [1.807, 2.05) is 54.6 Å². The van der Waals surface area contributed by atoms with Crippen molar-refractivity contribution in [1.29, 1.82) is 0 Å². The van der Waals surface area contributed by atoms with Crippen LogP contribution in [0.15, 0.2) is 54.6 Å². The van der Waals surface area contributed by atoms with E-state index >= 15 is 0 Å². The Kier molecular flexibility index (Phi) is 4.04. The molecular weight excluding hydrogens is 286 g/mol. The monoisotopic (exact) mass is 299 g/mol. The van der Waals surface area contributed by atoms with Gasteiger partial charge in [0.05, 0.1) is 12.1 Å². The molecule has 21 heavy (non-hydrogen) atoms.